The van der Waals surface area contributed by atoms with Crippen LogP contribution in [0.25, 0.3) is 11.5 Å². The molecule has 0 unspecified atom stereocenters. The number of nitrogens with zero attached hydrogens (tertiary/aromatic N) is 2. The Bertz CT molecular complexity index is 564. The predicted octanol–water partition coefficient (Wildman–Crippen LogP) is 2.25. The highest BCUT2D eigenvalue weighted by atomic mass is 16.5. The van der Waals surface area contributed by atoms with Crippen LogP contribution in [0.5, 0.6) is 5.75 Å². The molecule has 0 spiro atoms. The van der Waals surface area contributed by atoms with E-state index < -0.39 is 0 Å². The molecule has 0 saturated carbocycles. The van der Waals surface area contributed by atoms with Gasteiger partial charge in [-0.15, -0.1) is 10.2 Å². The summed E-state index contributed by atoms with van der Waals surface area (Å²) in [6.07, 6.45) is 0.599. The first-order valence-electron chi connectivity index (χ1n) is 6.42. The molecular weight excluding hydrogens is 242 g/mol. The lowest BCUT2D eigenvalue weighted by molar-refractivity contribution is 0.337. The molecule has 1 aromatic heterocycles. The summed E-state index contributed by atoms with van der Waals surface area (Å²) in [6.45, 7) is 7.14. The summed E-state index contributed by atoms with van der Waals surface area (Å²) in [6, 6.07) is 4.01. The number of nitrogens with two attached hydrogens (primary N) is 1. The van der Waals surface area contributed by atoms with Crippen LogP contribution in [0, 0.1) is 13.8 Å². The zero-order chi connectivity index (χ0) is 13.8. The summed E-state index contributed by atoms with van der Waals surface area (Å²) in [7, 11) is 0. The van der Waals surface area contributed by atoms with E-state index in [0.29, 0.717) is 31.4 Å². The van der Waals surface area contributed by atoms with Gasteiger partial charge in [-0.1, -0.05) is 0 Å². The minimum Gasteiger partial charge on any atom is -0.494 e. The van der Waals surface area contributed by atoms with Gasteiger partial charge < -0.3 is 14.9 Å². The molecule has 0 atom stereocenters. The van der Waals surface area contributed by atoms with Gasteiger partial charge >= 0.3 is 0 Å². The third-order valence-corrected chi connectivity index (χ3v) is 2.88. The van der Waals surface area contributed by atoms with Gasteiger partial charge in [0.1, 0.15) is 5.75 Å². The van der Waals surface area contributed by atoms with Gasteiger partial charge in [-0.3, -0.25) is 0 Å². The highest BCUT2D eigenvalue weighted by Gasteiger charge is 2.13. The topological polar surface area (TPSA) is 74.2 Å². The Morgan fingerprint density at radius 3 is 2.68 bits per heavy atom. The minimum absolute atomic E-state index is 0.503. The Morgan fingerprint density at radius 1 is 1.21 bits per heavy atom. The van der Waals surface area contributed by atoms with Crippen molar-refractivity contribution in [1.82, 2.24) is 10.2 Å². The molecule has 0 amide bonds. The van der Waals surface area contributed by atoms with Gasteiger partial charge in [0.2, 0.25) is 11.8 Å². The maximum Gasteiger partial charge on any atom is 0.248 e. The fraction of sp³-hybridized carbons (Fsp3) is 0.429. The first kappa shape index (κ1) is 13.5. The van der Waals surface area contributed by atoms with E-state index in [2.05, 4.69) is 10.2 Å². The number of ether oxygens (including phenoxy) is 1. The molecule has 5 heteroatoms. The molecule has 2 N–H and O–H groups in total. The van der Waals surface area contributed by atoms with Gasteiger partial charge in [-0.2, -0.15) is 0 Å². The molecule has 0 aliphatic heterocycles. The molecule has 2 rings (SSSR count). The normalized spacial score (nSPS) is 10.7. The number of hydrogen-bond acceptors (Lipinski definition) is 5. The molecule has 0 aliphatic rings. The SMILES string of the molecule is CCOc1cc(C)c(-c2nnc(CCN)o2)cc1C. The van der Waals surface area contributed by atoms with Crippen LogP contribution in [-0.2, 0) is 6.42 Å². The summed E-state index contributed by atoms with van der Waals surface area (Å²) in [5.74, 6) is 2.00. The zero-order valence-corrected chi connectivity index (χ0v) is 11.6. The number of benzene rings is 1. The van der Waals surface area contributed by atoms with E-state index in [4.69, 9.17) is 14.9 Å². The lowest BCUT2D eigenvalue weighted by atomic mass is 10.0. The van der Waals surface area contributed by atoms with Crippen molar-refractivity contribution < 1.29 is 9.15 Å². The monoisotopic (exact) mass is 261 g/mol. The van der Waals surface area contributed by atoms with Crippen molar-refractivity contribution in [2.24, 2.45) is 5.73 Å². The number of aryl methyl sites for hydroxylation is 2. The van der Waals surface area contributed by atoms with Crippen molar-refractivity contribution in [2.75, 3.05) is 13.2 Å². The van der Waals surface area contributed by atoms with Crippen LogP contribution in [-0.4, -0.2) is 23.3 Å². The first-order valence-corrected chi connectivity index (χ1v) is 6.42. The molecule has 19 heavy (non-hydrogen) atoms. The average Bonchev–Trinajstić information content (AvgIpc) is 2.82. The summed E-state index contributed by atoms with van der Waals surface area (Å²) < 4.78 is 11.2. The average molecular weight is 261 g/mol. The zero-order valence-electron chi connectivity index (χ0n) is 11.6. The molecular formula is C14H19N3O2. The van der Waals surface area contributed by atoms with E-state index in [0.717, 1.165) is 22.4 Å². The van der Waals surface area contributed by atoms with Crippen molar-refractivity contribution >= 4 is 0 Å². The van der Waals surface area contributed by atoms with Crippen molar-refractivity contribution in [2.45, 2.75) is 27.2 Å². The van der Waals surface area contributed by atoms with Crippen LogP contribution < -0.4 is 10.5 Å². The van der Waals surface area contributed by atoms with E-state index in [1.165, 1.54) is 0 Å². The lowest BCUT2D eigenvalue weighted by Gasteiger charge is -2.10. The van der Waals surface area contributed by atoms with Gasteiger partial charge in [-0.05, 0) is 44.0 Å². The largest absolute Gasteiger partial charge is 0.494 e. The summed E-state index contributed by atoms with van der Waals surface area (Å²) >= 11 is 0. The third kappa shape index (κ3) is 2.93. The lowest BCUT2D eigenvalue weighted by Crippen LogP contribution is -2.02. The highest BCUT2D eigenvalue weighted by molar-refractivity contribution is 5.62. The number of rotatable bonds is 5. The van der Waals surface area contributed by atoms with E-state index in [1.807, 2.05) is 32.9 Å². The second-order valence-corrected chi connectivity index (χ2v) is 4.41. The number of aromatic nitrogens is 2. The minimum atomic E-state index is 0.503. The van der Waals surface area contributed by atoms with Crippen molar-refractivity contribution in [3.8, 4) is 17.2 Å². The van der Waals surface area contributed by atoms with Gasteiger partial charge in [0.05, 0.1) is 6.61 Å². The maximum atomic E-state index is 5.60. The third-order valence-electron chi connectivity index (χ3n) is 2.88. The van der Waals surface area contributed by atoms with E-state index in [-0.39, 0.29) is 0 Å². The fourth-order valence-electron chi connectivity index (χ4n) is 1.92. The van der Waals surface area contributed by atoms with Crippen molar-refractivity contribution in [3.05, 3.63) is 29.2 Å². The van der Waals surface area contributed by atoms with E-state index in [1.54, 1.807) is 0 Å². The first-order chi connectivity index (χ1) is 9.15. The quantitative estimate of drug-likeness (QED) is 0.893. The maximum absolute atomic E-state index is 5.60. The Labute approximate surface area is 112 Å². The van der Waals surface area contributed by atoms with Crippen LogP contribution in [0.3, 0.4) is 0 Å². The molecule has 102 valence electrons. The Hall–Kier alpha value is -1.88. The second-order valence-electron chi connectivity index (χ2n) is 4.41. The van der Waals surface area contributed by atoms with Gasteiger partial charge in [0, 0.05) is 18.5 Å². The van der Waals surface area contributed by atoms with E-state index in [9.17, 15) is 0 Å². The van der Waals surface area contributed by atoms with Crippen molar-refractivity contribution in [1.29, 1.82) is 0 Å². The van der Waals surface area contributed by atoms with E-state index >= 15 is 0 Å². The van der Waals surface area contributed by atoms with Crippen LogP contribution in [0.1, 0.15) is 23.9 Å². The van der Waals surface area contributed by atoms with Crippen molar-refractivity contribution in [3.63, 3.8) is 0 Å². The van der Waals surface area contributed by atoms with Crippen LogP contribution >= 0.6 is 0 Å². The van der Waals surface area contributed by atoms with Crippen LogP contribution in [0.2, 0.25) is 0 Å². The smallest absolute Gasteiger partial charge is 0.248 e. The standard InChI is InChI=1S/C14H19N3O2/c1-4-18-12-8-9(2)11(7-10(12)3)14-17-16-13(19-14)5-6-15/h7-8H,4-6,15H2,1-3H3. The number of hydrogen-bond donors (Lipinski definition) is 1. The Balaban J connectivity index is 2.36. The molecule has 5 nitrogen and oxygen atoms in total. The fourth-order valence-corrected chi connectivity index (χ4v) is 1.92. The Kier molecular flexibility index (Phi) is 4.16. The van der Waals surface area contributed by atoms with Crippen LogP contribution in [0.15, 0.2) is 16.5 Å². The molecule has 0 radical (unpaired) electrons. The predicted molar refractivity (Wildman–Crippen MR) is 73.1 cm³/mol. The summed E-state index contributed by atoms with van der Waals surface area (Å²) in [4.78, 5) is 0. The highest BCUT2D eigenvalue weighted by Crippen LogP contribution is 2.29. The van der Waals surface area contributed by atoms with Gasteiger partial charge in [0.25, 0.3) is 0 Å². The van der Waals surface area contributed by atoms with Gasteiger partial charge in [-0.25, -0.2) is 0 Å². The van der Waals surface area contributed by atoms with Gasteiger partial charge in [0.15, 0.2) is 0 Å². The Morgan fingerprint density at radius 2 is 2.00 bits per heavy atom. The molecule has 1 aromatic carbocycles. The molecule has 0 bridgehead atoms. The molecule has 0 saturated heterocycles. The van der Waals surface area contributed by atoms with Crippen LogP contribution in [0.4, 0.5) is 0 Å². The molecule has 1 heterocycles. The summed E-state index contributed by atoms with van der Waals surface area (Å²) in [5, 5.41) is 8.05. The molecule has 2 aromatic rings. The second kappa shape index (κ2) is 5.84. The molecule has 0 aliphatic carbocycles. The molecule has 0 fully saturated rings. The summed E-state index contributed by atoms with van der Waals surface area (Å²) in [5.41, 5.74) is 8.52.